The van der Waals surface area contributed by atoms with Gasteiger partial charge in [-0.1, -0.05) is 30.3 Å². The van der Waals surface area contributed by atoms with Crippen molar-refractivity contribution in [1.82, 2.24) is 4.98 Å². The molecule has 5 heteroatoms. The lowest BCUT2D eigenvalue weighted by Gasteiger charge is -2.01. The number of benzene rings is 2. The highest BCUT2D eigenvalue weighted by molar-refractivity contribution is 5.75. The lowest BCUT2D eigenvalue weighted by molar-refractivity contribution is -0.139. The fourth-order valence-corrected chi connectivity index (χ4v) is 2.03. The van der Waals surface area contributed by atoms with Gasteiger partial charge in [0.05, 0.1) is 0 Å². The van der Waals surface area contributed by atoms with Crippen LogP contribution in [0.5, 0.6) is 5.75 Å². The third kappa shape index (κ3) is 3.20. The highest BCUT2D eigenvalue weighted by atomic mass is 16.5. The summed E-state index contributed by atoms with van der Waals surface area (Å²) < 4.78 is 10.8. The fraction of sp³-hybridized carbons (Fsp3) is 0.125. The molecule has 3 rings (SSSR count). The Morgan fingerprint density at radius 2 is 2.00 bits per heavy atom. The van der Waals surface area contributed by atoms with Crippen LogP contribution in [0, 0.1) is 0 Å². The van der Waals surface area contributed by atoms with Gasteiger partial charge in [-0.15, -0.1) is 0 Å². The minimum atomic E-state index is -1.02. The quantitative estimate of drug-likeness (QED) is 0.779. The summed E-state index contributed by atoms with van der Waals surface area (Å²) in [5.41, 5.74) is 2.43. The van der Waals surface area contributed by atoms with E-state index < -0.39 is 5.97 Å². The second-order valence-electron chi connectivity index (χ2n) is 4.58. The van der Waals surface area contributed by atoms with Gasteiger partial charge in [-0.3, -0.25) is 0 Å². The second kappa shape index (κ2) is 5.66. The highest BCUT2D eigenvalue weighted by Gasteiger charge is 2.08. The molecular formula is C16H13NO4. The molecule has 2 aromatic carbocycles. The smallest absolute Gasteiger partial charge is 0.341 e. The summed E-state index contributed by atoms with van der Waals surface area (Å²) in [6.07, 6.45) is 0.612. The molecule has 3 aromatic rings. The van der Waals surface area contributed by atoms with Crippen LogP contribution in [-0.2, 0) is 11.2 Å². The van der Waals surface area contributed by atoms with Crippen molar-refractivity contribution in [3.8, 4) is 5.75 Å². The highest BCUT2D eigenvalue weighted by Crippen LogP contribution is 2.22. The maximum Gasteiger partial charge on any atom is 0.341 e. The number of hydrogen-bond acceptors (Lipinski definition) is 4. The Labute approximate surface area is 120 Å². The van der Waals surface area contributed by atoms with Crippen molar-refractivity contribution in [1.29, 1.82) is 0 Å². The van der Waals surface area contributed by atoms with E-state index in [1.807, 2.05) is 30.3 Å². The predicted octanol–water partition coefficient (Wildman–Crippen LogP) is 2.88. The predicted molar refractivity (Wildman–Crippen MR) is 76.4 cm³/mol. The molecule has 0 saturated carbocycles. The molecule has 1 heterocycles. The number of carboxylic acids is 1. The van der Waals surface area contributed by atoms with Gasteiger partial charge in [-0.2, -0.15) is 0 Å². The number of fused-ring (bicyclic) bond motifs is 1. The Morgan fingerprint density at radius 3 is 2.76 bits per heavy atom. The van der Waals surface area contributed by atoms with Crippen LogP contribution in [0.4, 0.5) is 0 Å². The zero-order chi connectivity index (χ0) is 14.7. The van der Waals surface area contributed by atoms with Gasteiger partial charge in [-0.25, -0.2) is 9.78 Å². The van der Waals surface area contributed by atoms with Crippen LogP contribution < -0.4 is 4.74 Å². The fourth-order valence-electron chi connectivity index (χ4n) is 2.03. The van der Waals surface area contributed by atoms with Gasteiger partial charge in [0.1, 0.15) is 11.3 Å². The Balaban J connectivity index is 1.81. The number of carboxylic acid groups (broad SMARTS) is 1. The molecule has 0 amide bonds. The second-order valence-corrected chi connectivity index (χ2v) is 4.58. The summed E-state index contributed by atoms with van der Waals surface area (Å²) in [7, 11) is 0. The first kappa shape index (κ1) is 13.2. The number of ether oxygens (including phenoxy) is 1. The average Bonchev–Trinajstić information content (AvgIpc) is 2.87. The van der Waals surface area contributed by atoms with E-state index in [0.717, 1.165) is 11.1 Å². The van der Waals surface area contributed by atoms with E-state index in [1.54, 1.807) is 18.2 Å². The van der Waals surface area contributed by atoms with E-state index in [0.29, 0.717) is 23.6 Å². The molecule has 0 aliphatic carbocycles. The molecule has 0 bridgehead atoms. The lowest BCUT2D eigenvalue weighted by Crippen LogP contribution is -2.09. The molecule has 0 saturated heterocycles. The van der Waals surface area contributed by atoms with E-state index in [-0.39, 0.29) is 6.61 Å². The van der Waals surface area contributed by atoms with Crippen molar-refractivity contribution in [3.05, 3.63) is 60.0 Å². The van der Waals surface area contributed by atoms with E-state index in [4.69, 9.17) is 14.3 Å². The normalized spacial score (nSPS) is 10.7. The molecule has 0 atom stereocenters. The summed E-state index contributed by atoms with van der Waals surface area (Å²) in [6, 6.07) is 15.0. The van der Waals surface area contributed by atoms with Crippen LogP contribution in [0.2, 0.25) is 0 Å². The molecule has 0 spiro atoms. The Kier molecular flexibility index (Phi) is 3.55. The number of oxazole rings is 1. The molecule has 1 N–H and O–H groups in total. The van der Waals surface area contributed by atoms with Crippen LogP contribution in [0.25, 0.3) is 11.1 Å². The number of nitrogens with zero attached hydrogens (tertiary/aromatic N) is 1. The maximum absolute atomic E-state index is 10.5. The van der Waals surface area contributed by atoms with Crippen molar-refractivity contribution < 1.29 is 19.1 Å². The number of hydrogen-bond donors (Lipinski definition) is 1. The average molecular weight is 283 g/mol. The third-order valence-corrected chi connectivity index (χ3v) is 2.96. The van der Waals surface area contributed by atoms with Crippen molar-refractivity contribution in [2.75, 3.05) is 6.61 Å². The summed E-state index contributed by atoms with van der Waals surface area (Å²) in [5, 5.41) is 8.60. The third-order valence-electron chi connectivity index (χ3n) is 2.96. The van der Waals surface area contributed by atoms with Crippen LogP contribution >= 0.6 is 0 Å². The van der Waals surface area contributed by atoms with Crippen LogP contribution in [0.1, 0.15) is 11.5 Å². The molecular weight excluding hydrogens is 270 g/mol. The standard InChI is InChI=1S/C16H13NO4/c18-16(19)10-20-12-6-7-13-14(9-12)21-15(17-13)8-11-4-2-1-3-5-11/h1-7,9H,8,10H2,(H,18,19). The molecule has 1 aromatic heterocycles. The number of rotatable bonds is 5. The first-order valence-electron chi connectivity index (χ1n) is 6.49. The topological polar surface area (TPSA) is 72.6 Å². The Morgan fingerprint density at radius 1 is 1.19 bits per heavy atom. The molecule has 21 heavy (non-hydrogen) atoms. The van der Waals surface area contributed by atoms with Gasteiger partial charge in [0.15, 0.2) is 18.1 Å². The number of aliphatic carboxylic acids is 1. The Bertz CT molecular complexity index is 764. The van der Waals surface area contributed by atoms with Crippen LogP contribution in [-0.4, -0.2) is 22.7 Å². The summed E-state index contributed by atoms with van der Waals surface area (Å²) >= 11 is 0. The van der Waals surface area contributed by atoms with Crippen LogP contribution in [0.3, 0.4) is 0 Å². The van der Waals surface area contributed by atoms with Crippen molar-refractivity contribution in [2.24, 2.45) is 0 Å². The minimum absolute atomic E-state index is 0.378. The van der Waals surface area contributed by atoms with Gasteiger partial charge in [0.25, 0.3) is 0 Å². The van der Waals surface area contributed by atoms with E-state index in [1.165, 1.54) is 0 Å². The van der Waals surface area contributed by atoms with Gasteiger partial charge in [-0.05, 0) is 17.7 Å². The van der Waals surface area contributed by atoms with E-state index in [2.05, 4.69) is 4.98 Å². The van der Waals surface area contributed by atoms with Crippen LogP contribution in [0.15, 0.2) is 52.9 Å². The molecule has 106 valence electrons. The summed E-state index contributed by atoms with van der Waals surface area (Å²) in [5.74, 6) is 0.0522. The molecule has 5 nitrogen and oxygen atoms in total. The van der Waals surface area contributed by atoms with Crippen molar-refractivity contribution in [3.63, 3.8) is 0 Å². The number of aromatic nitrogens is 1. The zero-order valence-electron chi connectivity index (χ0n) is 11.2. The monoisotopic (exact) mass is 283 g/mol. The van der Waals surface area contributed by atoms with Crippen molar-refractivity contribution in [2.45, 2.75) is 6.42 Å². The van der Waals surface area contributed by atoms with Gasteiger partial charge < -0.3 is 14.3 Å². The first-order chi connectivity index (χ1) is 10.2. The molecule has 0 unspecified atom stereocenters. The van der Waals surface area contributed by atoms with E-state index >= 15 is 0 Å². The van der Waals surface area contributed by atoms with Crippen molar-refractivity contribution >= 4 is 17.1 Å². The van der Waals surface area contributed by atoms with E-state index in [9.17, 15) is 4.79 Å². The molecule has 0 radical (unpaired) electrons. The van der Waals surface area contributed by atoms with Gasteiger partial charge in [0.2, 0.25) is 0 Å². The molecule has 0 fully saturated rings. The summed E-state index contributed by atoms with van der Waals surface area (Å²) in [4.78, 5) is 14.9. The maximum atomic E-state index is 10.5. The largest absolute Gasteiger partial charge is 0.482 e. The lowest BCUT2D eigenvalue weighted by atomic mass is 10.1. The number of carbonyl (C=O) groups is 1. The Hall–Kier alpha value is -2.82. The zero-order valence-corrected chi connectivity index (χ0v) is 11.2. The van der Waals surface area contributed by atoms with Gasteiger partial charge in [0, 0.05) is 12.5 Å². The van der Waals surface area contributed by atoms with Gasteiger partial charge >= 0.3 is 5.97 Å². The molecule has 0 aliphatic rings. The minimum Gasteiger partial charge on any atom is -0.482 e. The summed E-state index contributed by atoms with van der Waals surface area (Å²) in [6.45, 7) is -0.378. The SMILES string of the molecule is O=C(O)COc1ccc2nc(Cc3ccccc3)oc2c1. The molecule has 0 aliphatic heterocycles. The first-order valence-corrected chi connectivity index (χ1v) is 6.49.